The number of pyridine rings is 1. The fourth-order valence-electron chi connectivity index (χ4n) is 7.04. The number of H-pyrrole nitrogens is 1. The zero-order valence-electron chi connectivity index (χ0n) is 21.4. The van der Waals surface area contributed by atoms with E-state index in [9.17, 15) is 9.59 Å². The van der Waals surface area contributed by atoms with Crippen molar-refractivity contribution in [2.75, 3.05) is 44.2 Å². The largest absolute Gasteiger partial charge is 0.358 e. The number of fused-ring (bicyclic) bond motifs is 3. The SMILES string of the molecule is O=C(c1ccc2[nH]c3c(c2c1)CCCC3)N1CCC2(CC1)CC2C(=O)N1CCN(c2ccccn2)CC1. The van der Waals surface area contributed by atoms with Gasteiger partial charge in [-0.1, -0.05) is 6.07 Å². The number of aromatic nitrogens is 2. The summed E-state index contributed by atoms with van der Waals surface area (Å²) >= 11 is 0. The summed E-state index contributed by atoms with van der Waals surface area (Å²) in [7, 11) is 0. The first-order valence-electron chi connectivity index (χ1n) is 14.0. The molecule has 1 unspecified atom stereocenters. The molecule has 3 fully saturated rings. The first-order valence-corrected chi connectivity index (χ1v) is 14.0. The lowest BCUT2D eigenvalue weighted by Crippen LogP contribution is -2.50. The Morgan fingerprint density at radius 1 is 0.919 bits per heavy atom. The van der Waals surface area contributed by atoms with Crippen LogP contribution in [0.4, 0.5) is 5.82 Å². The van der Waals surface area contributed by atoms with Gasteiger partial charge >= 0.3 is 0 Å². The summed E-state index contributed by atoms with van der Waals surface area (Å²) < 4.78 is 0. The van der Waals surface area contributed by atoms with E-state index in [1.54, 1.807) is 0 Å². The third-order valence-corrected chi connectivity index (χ3v) is 9.44. The summed E-state index contributed by atoms with van der Waals surface area (Å²) in [5.74, 6) is 1.58. The van der Waals surface area contributed by atoms with Gasteiger partial charge < -0.3 is 19.7 Å². The number of anilines is 1. The van der Waals surface area contributed by atoms with Crippen molar-refractivity contribution in [1.29, 1.82) is 0 Å². The predicted octanol–water partition coefficient (Wildman–Crippen LogP) is 4.03. The van der Waals surface area contributed by atoms with E-state index in [2.05, 4.69) is 31.9 Å². The number of piperidine rings is 1. The first kappa shape index (κ1) is 22.8. The van der Waals surface area contributed by atoms with Crippen molar-refractivity contribution in [3.05, 3.63) is 59.4 Å². The lowest BCUT2D eigenvalue weighted by atomic mass is 9.90. The first-order chi connectivity index (χ1) is 18.1. The predicted molar refractivity (Wildman–Crippen MR) is 144 cm³/mol. The molecule has 192 valence electrons. The number of benzene rings is 1. The topological polar surface area (TPSA) is 72.5 Å². The monoisotopic (exact) mass is 497 g/mol. The van der Waals surface area contributed by atoms with Crippen molar-refractivity contribution in [3.8, 4) is 0 Å². The van der Waals surface area contributed by atoms with Crippen LogP contribution in [0.25, 0.3) is 10.9 Å². The molecule has 7 nitrogen and oxygen atoms in total. The lowest BCUT2D eigenvalue weighted by molar-refractivity contribution is -0.134. The number of likely N-dealkylation sites (tertiary alicyclic amines) is 1. The maximum absolute atomic E-state index is 13.4. The highest BCUT2D eigenvalue weighted by atomic mass is 16.2. The number of carbonyl (C=O) groups excluding carboxylic acids is 2. The van der Waals surface area contributed by atoms with E-state index in [4.69, 9.17) is 0 Å². The van der Waals surface area contributed by atoms with Crippen LogP contribution in [0.3, 0.4) is 0 Å². The third-order valence-electron chi connectivity index (χ3n) is 9.44. The molecule has 37 heavy (non-hydrogen) atoms. The van der Waals surface area contributed by atoms with E-state index in [1.165, 1.54) is 29.5 Å². The molecule has 2 amide bonds. The highest BCUT2D eigenvalue weighted by molar-refractivity contribution is 5.99. The number of carbonyl (C=O) groups is 2. The maximum atomic E-state index is 13.4. The second kappa shape index (κ2) is 8.89. The van der Waals surface area contributed by atoms with Gasteiger partial charge in [0.2, 0.25) is 5.91 Å². The van der Waals surface area contributed by atoms with Gasteiger partial charge in [0.25, 0.3) is 5.91 Å². The van der Waals surface area contributed by atoms with Gasteiger partial charge in [-0.15, -0.1) is 0 Å². The van der Waals surface area contributed by atoms with E-state index >= 15 is 0 Å². The number of rotatable bonds is 3. The molecule has 2 saturated heterocycles. The number of piperazine rings is 1. The maximum Gasteiger partial charge on any atom is 0.253 e. The van der Waals surface area contributed by atoms with Crippen LogP contribution < -0.4 is 4.90 Å². The molecule has 7 rings (SSSR count). The van der Waals surface area contributed by atoms with Crippen LogP contribution in [0, 0.1) is 11.3 Å². The highest BCUT2D eigenvalue weighted by Crippen LogP contribution is 2.60. The molecule has 2 aliphatic heterocycles. The zero-order chi connectivity index (χ0) is 25.0. The Hall–Kier alpha value is -3.35. The van der Waals surface area contributed by atoms with E-state index in [0.29, 0.717) is 5.91 Å². The summed E-state index contributed by atoms with van der Waals surface area (Å²) in [5.41, 5.74) is 4.82. The summed E-state index contributed by atoms with van der Waals surface area (Å²) in [6, 6.07) is 12.1. The van der Waals surface area contributed by atoms with Gasteiger partial charge in [-0.25, -0.2) is 4.98 Å². The number of hydrogen-bond acceptors (Lipinski definition) is 4. The normalized spacial score (nSPS) is 22.8. The Morgan fingerprint density at radius 3 is 2.51 bits per heavy atom. The Labute approximate surface area is 217 Å². The molecule has 0 radical (unpaired) electrons. The minimum Gasteiger partial charge on any atom is -0.358 e. The van der Waals surface area contributed by atoms with Gasteiger partial charge in [0.05, 0.1) is 0 Å². The van der Waals surface area contributed by atoms with E-state index in [-0.39, 0.29) is 17.2 Å². The van der Waals surface area contributed by atoms with Crippen molar-refractivity contribution in [3.63, 3.8) is 0 Å². The molecule has 2 aliphatic carbocycles. The van der Waals surface area contributed by atoms with Gasteiger partial charge in [0, 0.05) is 73.5 Å². The Bertz CT molecular complexity index is 1330. The van der Waals surface area contributed by atoms with Crippen LogP contribution in [0.15, 0.2) is 42.6 Å². The second-order valence-corrected chi connectivity index (χ2v) is 11.5. The molecule has 7 heteroatoms. The molecule has 4 aliphatic rings. The third kappa shape index (κ3) is 3.99. The highest BCUT2D eigenvalue weighted by Gasteiger charge is 2.59. The number of nitrogens with zero attached hydrogens (tertiary/aromatic N) is 4. The molecule has 4 heterocycles. The van der Waals surface area contributed by atoms with Crippen LogP contribution in [0.5, 0.6) is 0 Å². The van der Waals surface area contributed by atoms with Crippen molar-refractivity contribution in [2.24, 2.45) is 11.3 Å². The van der Waals surface area contributed by atoms with Crippen LogP contribution in [-0.2, 0) is 17.6 Å². The second-order valence-electron chi connectivity index (χ2n) is 11.5. The van der Waals surface area contributed by atoms with Crippen molar-refractivity contribution >= 4 is 28.5 Å². The lowest BCUT2D eigenvalue weighted by Gasteiger charge is -2.37. The fraction of sp³-hybridized carbons (Fsp3) is 0.500. The molecular weight excluding hydrogens is 462 g/mol. The molecule has 1 atom stereocenters. The number of amides is 2. The van der Waals surface area contributed by atoms with E-state index in [1.807, 2.05) is 35.4 Å². The standard InChI is InChI=1S/C30H35N5O2/c36-28(21-8-9-26-23(19-21)22-5-1-2-6-25(22)32-26)34-13-10-30(11-14-34)20-24(30)29(37)35-17-15-33(16-18-35)27-7-3-4-12-31-27/h3-4,7-9,12,19,24,32H,1-2,5-6,10-11,13-18,20H2. The molecule has 1 aromatic carbocycles. The molecule has 1 saturated carbocycles. The minimum atomic E-state index is 0.107. The number of aromatic amines is 1. The number of hydrogen-bond donors (Lipinski definition) is 1. The number of aryl methyl sites for hydroxylation is 2. The van der Waals surface area contributed by atoms with Crippen molar-refractivity contribution < 1.29 is 9.59 Å². The van der Waals surface area contributed by atoms with Crippen molar-refractivity contribution in [2.45, 2.75) is 44.9 Å². The molecular formula is C30H35N5O2. The molecule has 2 aromatic heterocycles. The van der Waals surface area contributed by atoms with Crippen LogP contribution in [-0.4, -0.2) is 70.9 Å². The van der Waals surface area contributed by atoms with Gasteiger partial charge in [-0.2, -0.15) is 0 Å². The van der Waals surface area contributed by atoms with Gasteiger partial charge in [0.15, 0.2) is 0 Å². The summed E-state index contributed by atoms with van der Waals surface area (Å²) in [6.07, 6.45) is 9.36. The smallest absolute Gasteiger partial charge is 0.253 e. The van der Waals surface area contributed by atoms with Gasteiger partial charge in [-0.05, 0) is 86.3 Å². The van der Waals surface area contributed by atoms with Gasteiger partial charge in [-0.3, -0.25) is 9.59 Å². The summed E-state index contributed by atoms with van der Waals surface area (Å²) in [5, 5.41) is 1.23. The Balaban J connectivity index is 0.958. The molecule has 1 N–H and O–H groups in total. The van der Waals surface area contributed by atoms with E-state index in [0.717, 1.165) is 88.3 Å². The Kier molecular flexibility index (Phi) is 5.48. The average Bonchev–Trinajstić information content (AvgIpc) is 3.52. The molecule has 1 spiro atoms. The quantitative estimate of drug-likeness (QED) is 0.593. The van der Waals surface area contributed by atoms with Gasteiger partial charge in [0.1, 0.15) is 5.82 Å². The molecule has 3 aromatic rings. The van der Waals surface area contributed by atoms with Crippen LogP contribution in [0.2, 0.25) is 0 Å². The molecule has 0 bridgehead atoms. The minimum absolute atomic E-state index is 0.107. The van der Waals surface area contributed by atoms with E-state index < -0.39 is 0 Å². The number of nitrogens with one attached hydrogen (secondary N) is 1. The van der Waals surface area contributed by atoms with Crippen LogP contribution >= 0.6 is 0 Å². The van der Waals surface area contributed by atoms with Crippen molar-refractivity contribution in [1.82, 2.24) is 19.8 Å². The fourth-order valence-corrected chi connectivity index (χ4v) is 7.04. The summed E-state index contributed by atoms with van der Waals surface area (Å²) in [4.78, 5) is 41.1. The Morgan fingerprint density at radius 2 is 1.73 bits per heavy atom. The average molecular weight is 498 g/mol. The summed E-state index contributed by atoms with van der Waals surface area (Å²) in [6.45, 7) is 4.69. The van der Waals surface area contributed by atoms with Crippen LogP contribution in [0.1, 0.15) is 53.7 Å². The zero-order valence-corrected chi connectivity index (χ0v) is 21.4.